The quantitative estimate of drug-likeness (QED) is 0.520. The molecule has 0 saturated carbocycles. The maximum Gasteiger partial charge on any atom is 0.124 e. The Morgan fingerprint density at radius 3 is 2.48 bits per heavy atom. The van der Waals surface area contributed by atoms with Crippen LogP contribution in [-0.2, 0) is 13.1 Å². The van der Waals surface area contributed by atoms with Crippen molar-refractivity contribution in [2.75, 3.05) is 7.05 Å². The van der Waals surface area contributed by atoms with E-state index < -0.39 is 0 Å². The zero-order chi connectivity index (χ0) is 18.8. The number of hydrogen-bond donors (Lipinski definition) is 0. The molecule has 2 aromatic heterocycles. The van der Waals surface area contributed by atoms with E-state index >= 15 is 0 Å². The monoisotopic (exact) mass is 361 g/mol. The van der Waals surface area contributed by atoms with E-state index in [1.807, 2.05) is 19.1 Å². The lowest BCUT2D eigenvalue weighted by molar-refractivity contribution is 0.274. The SMILES string of the molecule is Cc1nonc1CN(C)Cc1nc2ccccc2n1C(C)c1ccccc1. The number of imidazole rings is 1. The molecule has 6 heteroatoms. The molecule has 4 aromatic rings. The van der Waals surface area contributed by atoms with E-state index in [-0.39, 0.29) is 6.04 Å². The number of aromatic nitrogens is 4. The van der Waals surface area contributed by atoms with Crippen LogP contribution >= 0.6 is 0 Å². The first-order valence-electron chi connectivity index (χ1n) is 9.11. The predicted octanol–water partition coefficient (Wildman–Crippen LogP) is 3.97. The van der Waals surface area contributed by atoms with Gasteiger partial charge in [0.15, 0.2) is 0 Å². The smallest absolute Gasteiger partial charge is 0.124 e. The van der Waals surface area contributed by atoms with E-state index in [9.17, 15) is 0 Å². The van der Waals surface area contributed by atoms with Gasteiger partial charge in [-0.05, 0) is 38.6 Å². The fraction of sp³-hybridized carbons (Fsp3) is 0.286. The van der Waals surface area contributed by atoms with Crippen LogP contribution in [0.15, 0.2) is 59.2 Å². The van der Waals surface area contributed by atoms with Crippen molar-refractivity contribution in [1.29, 1.82) is 0 Å². The molecule has 27 heavy (non-hydrogen) atoms. The summed E-state index contributed by atoms with van der Waals surface area (Å²) in [5, 5.41) is 7.85. The van der Waals surface area contributed by atoms with Crippen LogP contribution < -0.4 is 0 Å². The van der Waals surface area contributed by atoms with Crippen LogP contribution in [0.5, 0.6) is 0 Å². The molecular formula is C21H23N5O. The zero-order valence-electron chi connectivity index (χ0n) is 15.8. The van der Waals surface area contributed by atoms with Gasteiger partial charge in [0, 0.05) is 6.54 Å². The molecule has 0 amide bonds. The third kappa shape index (κ3) is 3.48. The van der Waals surface area contributed by atoms with E-state index in [2.05, 4.69) is 76.2 Å². The lowest BCUT2D eigenvalue weighted by Gasteiger charge is -2.21. The lowest BCUT2D eigenvalue weighted by Crippen LogP contribution is -2.22. The van der Waals surface area contributed by atoms with Crippen molar-refractivity contribution in [3.8, 4) is 0 Å². The largest absolute Gasteiger partial charge is 0.320 e. The van der Waals surface area contributed by atoms with Gasteiger partial charge in [0.1, 0.15) is 17.2 Å². The molecule has 0 aliphatic carbocycles. The minimum atomic E-state index is 0.192. The normalized spacial score (nSPS) is 12.7. The number of nitrogens with zero attached hydrogens (tertiary/aromatic N) is 5. The van der Waals surface area contributed by atoms with Crippen molar-refractivity contribution >= 4 is 11.0 Å². The van der Waals surface area contributed by atoms with Crippen molar-refractivity contribution in [3.05, 3.63) is 77.4 Å². The molecule has 1 unspecified atom stereocenters. The average Bonchev–Trinajstić information content (AvgIpc) is 3.24. The Labute approximate surface area is 158 Å². The molecule has 0 aliphatic rings. The van der Waals surface area contributed by atoms with Crippen molar-refractivity contribution in [3.63, 3.8) is 0 Å². The molecule has 1 atom stereocenters. The van der Waals surface area contributed by atoms with Crippen LogP contribution in [0.25, 0.3) is 11.0 Å². The van der Waals surface area contributed by atoms with Gasteiger partial charge in [-0.15, -0.1) is 0 Å². The third-order valence-electron chi connectivity index (χ3n) is 4.92. The summed E-state index contributed by atoms with van der Waals surface area (Å²) in [4.78, 5) is 7.10. The van der Waals surface area contributed by atoms with Crippen LogP contribution in [0.4, 0.5) is 0 Å². The number of hydrogen-bond acceptors (Lipinski definition) is 5. The molecule has 138 valence electrons. The predicted molar refractivity (Wildman–Crippen MR) is 104 cm³/mol. The number of aryl methyl sites for hydroxylation is 1. The van der Waals surface area contributed by atoms with Crippen molar-refractivity contribution < 1.29 is 4.63 Å². The Hall–Kier alpha value is -2.99. The summed E-state index contributed by atoms with van der Waals surface area (Å²) in [7, 11) is 2.06. The van der Waals surface area contributed by atoms with Gasteiger partial charge in [0.25, 0.3) is 0 Å². The van der Waals surface area contributed by atoms with Crippen molar-refractivity contribution in [1.82, 2.24) is 24.8 Å². The molecule has 0 radical (unpaired) electrons. The Kier molecular flexibility index (Phi) is 4.73. The standard InChI is InChI=1S/C21H23N5O/c1-15-19(24-27-23-15)13-25(3)14-21-22-18-11-7-8-12-20(18)26(21)16(2)17-9-5-4-6-10-17/h4-12,16H,13-14H2,1-3H3. The summed E-state index contributed by atoms with van der Waals surface area (Å²) in [6, 6.07) is 19.0. The number of benzene rings is 2. The molecule has 6 nitrogen and oxygen atoms in total. The Morgan fingerprint density at radius 2 is 1.74 bits per heavy atom. The summed E-state index contributed by atoms with van der Waals surface area (Å²) in [5.74, 6) is 1.03. The zero-order valence-corrected chi connectivity index (χ0v) is 15.8. The molecule has 0 saturated heterocycles. The maximum absolute atomic E-state index is 4.91. The third-order valence-corrected chi connectivity index (χ3v) is 4.92. The highest BCUT2D eigenvalue weighted by atomic mass is 16.6. The molecule has 0 N–H and O–H groups in total. The minimum absolute atomic E-state index is 0.192. The van der Waals surface area contributed by atoms with Crippen LogP contribution in [0.1, 0.15) is 35.7 Å². The molecule has 0 bridgehead atoms. The van der Waals surface area contributed by atoms with Gasteiger partial charge in [-0.2, -0.15) is 0 Å². The second kappa shape index (κ2) is 7.32. The van der Waals surface area contributed by atoms with Gasteiger partial charge >= 0.3 is 0 Å². The van der Waals surface area contributed by atoms with Gasteiger partial charge in [-0.1, -0.05) is 52.8 Å². The summed E-state index contributed by atoms with van der Waals surface area (Å²) >= 11 is 0. The summed E-state index contributed by atoms with van der Waals surface area (Å²) < 4.78 is 7.15. The summed E-state index contributed by atoms with van der Waals surface area (Å²) in [6.45, 7) is 5.50. The first-order valence-corrected chi connectivity index (χ1v) is 9.11. The molecule has 2 aromatic carbocycles. The fourth-order valence-electron chi connectivity index (χ4n) is 3.46. The summed E-state index contributed by atoms with van der Waals surface area (Å²) in [6.07, 6.45) is 0. The van der Waals surface area contributed by atoms with Crippen LogP contribution in [0.2, 0.25) is 0 Å². The Balaban J connectivity index is 1.69. The molecule has 0 aliphatic heterocycles. The first-order chi connectivity index (χ1) is 13.1. The minimum Gasteiger partial charge on any atom is -0.320 e. The highest BCUT2D eigenvalue weighted by Crippen LogP contribution is 2.26. The van der Waals surface area contributed by atoms with E-state index in [4.69, 9.17) is 9.61 Å². The Bertz CT molecular complexity index is 1040. The molecular weight excluding hydrogens is 338 g/mol. The first kappa shape index (κ1) is 17.4. The van der Waals surface area contributed by atoms with E-state index in [1.165, 1.54) is 5.56 Å². The number of rotatable bonds is 6. The molecule has 0 fully saturated rings. The van der Waals surface area contributed by atoms with Crippen LogP contribution in [-0.4, -0.2) is 31.8 Å². The lowest BCUT2D eigenvalue weighted by atomic mass is 10.1. The van der Waals surface area contributed by atoms with Crippen molar-refractivity contribution in [2.24, 2.45) is 0 Å². The second-order valence-corrected chi connectivity index (χ2v) is 6.94. The van der Waals surface area contributed by atoms with E-state index in [0.29, 0.717) is 13.1 Å². The molecule has 2 heterocycles. The highest BCUT2D eigenvalue weighted by molar-refractivity contribution is 5.76. The van der Waals surface area contributed by atoms with E-state index in [1.54, 1.807) is 0 Å². The van der Waals surface area contributed by atoms with Crippen LogP contribution in [0.3, 0.4) is 0 Å². The van der Waals surface area contributed by atoms with E-state index in [0.717, 1.165) is 28.2 Å². The van der Waals surface area contributed by atoms with Gasteiger partial charge in [0.05, 0.1) is 23.6 Å². The molecule has 0 spiro atoms. The highest BCUT2D eigenvalue weighted by Gasteiger charge is 2.19. The second-order valence-electron chi connectivity index (χ2n) is 6.94. The topological polar surface area (TPSA) is 60.0 Å². The average molecular weight is 361 g/mol. The van der Waals surface area contributed by atoms with Gasteiger partial charge in [-0.3, -0.25) is 4.90 Å². The van der Waals surface area contributed by atoms with Gasteiger partial charge in [-0.25, -0.2) is 9.61 Å². The number of para-hydroxylation sites is 2. The maximum atomic E-state index is 4.91. The van der Waals surface area contributed by atoms with Crippen molar-refractivity contribution in [2.45, 2.75) is 33.0 Å². The summed E-state index contributed by atoms with van der Waals surface area (Å²) in [5.41, 5.74) is 5.12. The van der Waals surface area contributed by atoms with Crippen LogP contribution in [0, 0.1) is 6.92 Å². The number of fused-ring (bicyclic) bond motifs is 1. The molecule has 4 rings (SSSR count). The van der Waals surface area contributed by atoms with Gasteiger partial charge in [0.2, 0.25) is 0 Å². The Morgan fingerprint density at radius 1 is 1.00 bits per heavy atom. The van der Waals surface area contributed by atoms with Gasteiger partial charge < -0.3 is 4.57 Å². The fourth-order valence-corrected chi connectivity index (χ4v) is 3.46.